The van der Waals surface area contributed by atoms with E-state index in [0.717, 1.165) is 82.4 Å². The first-order valence-electron chi connectivity index (χ1n) is 23.7. The number of sulfone groups is 2. The predicted octanol–water partition coefficient (Wildman–Crippen LogP) is 7.17. The molecule has 3 N–H and O–H groups in total. The summed E-state index contributed by atoms with van der Waals surface area (Å²) in [4.78, 5) is 16.8. The van der Waals surface area contributed by atoms with E-state index in [9.17, 15) is 42.5 Å². The van der Waals surface area contributed by atoms with Gasteiger partial charge >= 0.3 is 0 Å². The van der Waals surface area contributed by atoms with Crippen LogP contribution in [0, 0.1) is 25.5 Å². The number of benzene rings is 2. The molecule has 71 heavy (non-hydrogen) atoms. The molecule has 4 unspecified atom stereocenters. The van der Waals surface area contributed by atoms with Crippen LogP contribution in [0.15, 0.2) is 58.8 Å². The Morgan fingerprint density at radius 1 is 0.606 bits per heavy atom. The molecule has 388 valence electrons. The Hall–Kier alpha value is -4.33. The van der Waals surface area contributed by atoms with Crippen LogP contribution in [0.5, 0.6) is 11.8 Å². The quantitative estimate of drug-likeness (QED) is 0.112. The molecule has 4 aromatic rings. The van der Waals surface area contributed by atoms with E-state index in [0.29, 0.717) is 59.4 Å². The van der Waals surface area contributed by atoms with Gasteiger partial charge in [0.15, 0.2) is 19.7 Å². The molecule has 2 aliphatic carbocycles. The summed E-state index contributed by atoms with van der Waals surface area (Å²) >= 11 is 0. The van der Waals surface area contributed by atoms with E-state index in [4.69, 9.17) is 20.2 Å². The van der Waals surface area contributed by atoms with Crippen LogP contribution in [0.25, 0.3) is 0 Å². The average Bonchev–Trinajstić information content (AvgIpc) is 4.21. The normalized spacial score (nSPS) is 24.5. The largest absolute Gasteiger partial charge is 0.474 e. The minimum atomic E-state index is -3.52. The maximum atomic E-state index is 14.5. The fourth-order valence-corrected chi connectivity index (χ4v) is 14.4. The number of halogens is 3. The van der Waals surface area contributed by atoms with Crippen molar-refractivity contribution >= 4 is 72.4 Å². The summed E-state index contributed by atoms with van der Waals surface area (Å²) in [5.41, 5.74) is 1.49. The van der Waals surface area contributed by atoms with Gasteiger partial charge in [-0.05, 0) is 114 Å². The SMILES string of the molecule is Cc1c(Nc2ccc(S(C)(=O)=O)cc2F)ncnc1OC1CC2CCCC(C1)N2.Cc1c(Nc2ccc(S(C)(=O)=O)cc2F)ncnc1OC1CC2CCCC(C1)N2S(=O)(=O)C1CC1.O=S(=O)(Cl)C1CC1. The Balaban J connectivity index is 0.000000169. The Labute approximate surface area is 418 Å². The van der Waals surface area contributed by atoms with E-state index in [1.165, 1.54) is 56.2 Å². The van der Waals surface area contributed by atoms with Crippen molar-refractivity contribution in [2.24, 2.45) is 0 Å². The van der Waals surface area contributed by atoms with Crippen LogP contribution in [0.3, 0.4) is 0 Å². The lowest BCUT2D eigenvalue weighted by atomic mass is 9.85. The smallest absolute Gasteiger partial charge is 0.235 e. The van der Waals surface area contributed by atoms with Gasteiger partial charge in [0.2, 0.25) is 30.8 Å². The monoisotopic (exact) mass is 1080 g/mol. The first kappa shape index (κ1) is 53.0. The molecule has 2 saturated carbocycles. The van der Waals surface area contributed by atoms with Gasteiger partial charge in [-0.25, -0.2) is 62.4 Å². The van der Waals surface area contributed by atoms with Crippen LogP contribution in [0.4, 0.5) is 31.8 Å². The summed E-state index contributed by atoms with van der Waals surface area (Å²) in [6, 6.07) is 8.28. The van der Waals surface area contributed by atoms with Crippen molar-refractivity contribution in [3.8, 4) is 11.8 Å². The molecule has 0 spiro atoms. The van der Waals surface area contributed by atoms with E-state index in [1.807, 2.05) is 6.92 Å². The van der Waals surface area contributed by atoms with Crippen molar-refractivity contribution in [1.82, 2.24) is 29.6 Å². The molecule has 4 atom stereocenters. The zero-order valence-electron chi connectivity index (χ0n) is 39.7. The number of aromatic nitrogens is 4. The summed E-state index contributed by atoms with van der Waals surface area (Å²) in [7, 11) is -8.49. The molecule has 10 rings (SSSR count). The third-order valence-electron chi connectivity index (χ3n) is 13.6. The number of anilines is 4. The molecule has 18 nitrogen and oxygen atoms in total. The number of nitrogens with zero attached hydrogens (tertiary/aromatic N) is 5. The summed E-state index contributed by atoms with van der Waals surface area (Å²) in [6.07, 6.45) is 17.1. The molecule has 4 aliphatic heterocycles. The van der Waals surface area contributed by atoms with Gasteiger partial charge in [-0.2, -0.15) is 4.31 Å². The van der Waals surface area contributed by atoms with Crippen LogP contribution >= 0.6 is 10.7 Å². The third-order valence-corrected chi connectivity index (χ3v) is 20.3. The molecule has 25 heteroatoms. The van der Waals surface area contributed by atoms with Crippen LogP contribution in [0.2, 0.25) is 0 Å². The predicted molar refractivity (Wildman–Crippen MR) is 264 cm³/mol. The van der Waals surface area contributed by atoms with Gasteiger partial charge in [0.25, 0.3) is 0 Å². The minimum absolute atomic E-state index is 0.0553. The molecule has 6 aliphatic rings. The highest BCUT2D eigenvalue weighted by atomic mass is 35.7. The van der Waals surface area contributed by atoms with Crippen LogP contribution in [-0.2, 0) is 38.7 Å². The first-order chi connectivity index (χ1) is 33.4. The Morgan fingerprint density at radius 2 is 1.03 bits per heavy atom. The Bertz CT molecular complexity index is 3050. The Morgan fingerprint density at radius 3 is 1.41 bits per heavy atom. The number of ether oxygens (including phenoxy) is 2. The fourth-order valence-electron chi connectivity index (χ4n) is 9.58. The summed E-state index contributed by atoms with van der Waals surface area (Å²) < 4.78 is 136. The van der Waals surface area contributed by atoms with Crippen molar-refractivity contribution in [2.75, 3.05) is 23.1 Å². The maximum Gasteiger partial charge on any atom is 0.235 e. The highest BCUT2D eigenvalue weighted by molar-refractivity contribution is 8.14. The summed E-state index contributed by atoms with van der Waals surface area (Å²) in [6.45, 7) is 3.58. The number of hydrogen-bond acceptors (Lipinski definition) is 17. The maximum absolute atomic E-state index is 14.5. The molecule has 2 aromatic heterocycles. The molecule has 4 bridgehead atoms. The van der Waals surface area contributed by atoms with E-state index in [-0.39, 0.29) is 56.0 Å². The second-order valence-corrected chi connectivity index (χ2v) is 28.3. The van der Waals surface area contributed by atoms with E-state index in [2.05, 4.69) is 35.9 Å². The molecule has 0 radical (unpaired) electrons. The molecular weight excluding hydrogens is 1030 g/mol. The standard InChI is InChI=1S/C23H29FN4O5S2.C20H25FN4O3S.C3H5ClO2S/c1-14-22(27-21-9-8-19(12-20(21)24)34(2,29)30)25-13-26-23(14)33-17-10-15-4-3-5-16(11-17)28(15)35(31,32)18-6-7-18;1-12-19(25-18-7-6-16(10-17(18)21)29(2,26)27)22-11-23-20(12)28-15-8-13-4-3-5-14(9-15)24-13;4-7(5,6)3-1-2-3/h8-9,12-13,15-18H,3-7,10-11H2,1-2H3,(H,25,26,27);6-7,10-11,13-15,24H,3-5,8-9H2,1-2H3,(H,22,23,25);3H,1-2H2. The van der Waals surface area contributed by atoms with Gasteiger partial charge in [-0.1, -0.05) is 12.8 Å². The third kappa shape index (κ3) is 13.3. The van der Waals surface area contributed by atoms with Gasteiger partial charge in [-0.3, -0.25) is 0 Å². The lowest BCUT2D eigenvalue weighted by molar-refractivity contribution is 0.0326. The van der Waals surface area contributed by atoms with Crippen molar-refractivity contribution in [2.45, 2.75) is 160 Å². The van der Waals surface area contributed by atoms with E-state index < -0.39 is 50.4 Å². The van der Waals surface area contributed by atoms with Crippen molar-refractivity contribution in [3.05, 3.63) is 71.8 Å². The van der Waals surface area contributed by atoms with Gasteiger partial charge in [0.1, 0.15) is 48.1 Å². The molecule has 2 aromatic carbocycles. The first-order valence-corrected chi connectivity index (χ1v) is 31.3. The van der Waals surface area contributed by atoms with Gasteiger partial charge < -0.3 is 25.4 Å². The molecule has 0 amide bonds. The zero-order chi connectivity index (χ0) is 51.0. The van der Waals surface area contributed by atoms with Gasteiger partial charge in [-0.15, -0.1) is 0 Å². The average molecular weight is 1090 g/mol. The van der Waals surface area contributed by atoms with Crippen molar-refractivity contribution in [3.63, 3.8) is 0 Å². The van der Waals surface area contributed by atoms with Gasteiger partial charge in [0.05, 0.1) is 42.8 Å². The second-order valence-electron chi connectivity index (χ2n) is 19.3. The molecule has 4 saturated heterocycles. The highest BCUT2D eigenvalue weighted by Gasteiger charge is 2.50. The number of sulfonamides is 1. The number of rotatable bonds is 13. The Kier molecular flexibility index (Phi) is 15.9. The zero-order valence-corrected chi connectivity index (χ0v) is 43.7. The minimum Gasteiger partial charge on any atom is -0.474 e. The van der Waals surface area contributed by atoms with Crippen LogP contribution in [-0.4, -0.2) is 117 Å². The van der Waals surface area contributed by atoms with Crippen molar-refractivity contribution in [1.29, 1.82) is 0 Å². The van der Waals surface area contributed by atoms with Crippen LogP contribution < -0.4 is 25.4 Å². The number of fused-ring (bicyclic) bond motifs is 4. The summed E-state index contributed by atoms with van der Waals surface area (Å²) in [5.74, 6) is 0.230. The fraction of sp³-hybridized carbons (Fsp3) is 0.565. The lowest BCUT2D eigenvalue weighted by Crippen LogP contribution is -2.57. The molecule has 6 heterocycles. The molecular formula is C46H59ClF2N8O10S4. The highest BCUT2D eigenvalue weighted by Crippen LogP contribution is 2.43. The number of hydrogen-bond donors (Lipinski definition) is 3. The van der Waals surface area contributed by atoms with E-state index >= 15 is 0 Å². The van der Waals surface area contributed by atoms with Crippen molar-refractivity contribution < 1.29 is 51.9 Å². The topological polar surface area (TPSA) is 246 Å². The van der Waals surface area contributed by atoms with E-state index in [1.54, 1.807) is 11.2 Å². The number of nitrogens with one attached hydrogen (secondary N) is 3. The van der Waals surface area contributed by atoms with Crippen LogP contribution in [0.1, 0.15) is 101 Å². The molecule has 6 fully saturated rings. The van der Waals surface area contributed by atoms with Gasteiger partial charge in [0, 0.05) is 60.2 Å². The number of piperidine rings is 4. The lowest BCUT2D eigenvalue weighted by Gasteiger charge is -2.47. The summed E-state index contributed by atoms with van der Waals surface area (Å²) in [5, 5.41) is 9.03. The second kappa shape index (κ2) is 21.3.